The van der Waals surface area contributed by atoms with E-state index in [1.807, 2.05) is 39.0 Å². The van der Waals surface area contributed by atoms with Gasteiger partial charge in [0.2, 0.25) is 0 Å². The van der Waals surface area contributed by atoms with Crippen molar-refractivity contribution in [1.82, 2.24) is 9.99 Å². The highest BCUT2D eigenvalue weighted by atomic mass is 31.1. The summed E-state index contributed by atoms with van der Waals surface area (Å²) in [6.07, 6.45) is 2.97. The van der Waals surface area contributed by atoms with Crippen molar-refractivity contribution in [2.24, 2.45) is 0 Å². The smallest absolute Gasteiger partial charge is 0.342 e. The third kappa shape index (κ3) is 6.06. The Morgan fingerprint density at radius 2 is 2.00 bits per heavy atom. The average molecular weight is 557 g/mol. The molecule has 0 amide bonds. The predicted octanol–water partition coefficient (Wildman–Crippen LogP) is 4.75. The van der Waals surface area contributed by atoms with E-state index in [1.54, 1.807) is 19.9 Å². The van der Waals surface area contributed by atoms with Gasteiger partial charge >= 0.3 is 20.1 Å². The Morgan fingerprint density at radius 1 is 1.26 bits per heavy atom. The molecule has 0 radical (unpaired) electrons. The van der Waals surface area contributed by atoms with Gasteiger partial charge in [0.25, 0.3) is 0 Å². The van der Waals surface area contributed by atoms with Gasteiger partial charge < -0.3 is 24.4 Å². The molecule has 2 heterocycles. The number of phenols is 1. The number of hydrogen-bond donors (Lipinski definition) is 2. The van der Waals surface area contributed by atoms with Gasteiger partial charge in [-0.25, -0.2) is 9.46 Å². The van der Waals surface area contributed by atoms with Gasteiger partial charge in [-0.3, -0.25) is 9.36 Å². The van der Waals surface area contributed by atoms with Gasteiger partial charge in [0, 0.05) is 30.8 Å². The first-order chi connectivity index (χ1) is 18.7. The predicted molar refractivity (Wildman–Crippen MR) is 148 cm³/mol. The number of carbonyl (C=O) groups is 2. The van der Waals surface area contributed by atoms with Crippen molar-refractivity contribution in [3.8, 4) is 11.5 Å². The van der Waals surface area contributed by atoms with Crippen LogP contribution in [0.4, 0.5) is 0 Å². The monoisotopic (exact) mass is 556 g/mol. The largest absolute Gasteiger partial charge is 0.507 e. The maximum absolute atomic E-state index is 13.5. The van der Waals surface area contributed by atoms with E-state index < -0.39 is 26.2 Å². The minimum absolute atomic E-state index is 0.0428. The van der Waals surface area contributed by atoms with E-state index in [1.165, 1.54) is 10.2 Å². The maximum atomic E-state index is 13.5. The van der Waals surface area contributed by atoms with Crippen LogP contribution in [0.2, 0.25) is 0 Å². The summed E-state index contributed by atoms with van der Waals surface area (Å²) in [7, 11) is -2.87. The first kappa shape index (κ1) is 28.9. The minimum Gasteiger partial charge on any atom is -0.507 e. The van der Waals surface area contributed by atoms with E-state index >= 15 is 0 Å². The molecule has 10 heteroatoms. The van der Waals surface area contributed by atoms with Gasteiger partial charge in [0.05, 0.1) is 6.61 Å². The molecule has 4 rings (SSSR count). The number of fused-ring (bicyclic) bond motifs is 2. The first-order valence-corrected chi connectivity index (χ1v) is 14.6. The number of nitrogens with one attached hydrogen (secondary N) is 1. The molecule has 0 fully saturated rings. The lowest BCUT2D eigenvalue weighted by Crippen LogP contribution is -2.37. The van der Waals surface area contributed by atoms with E-state index in [9.17, 15) is 19.3 Å². The molecule has 2 aromatic carbocycles. The van der Waals surface area contributed by atoms with Crippen molar-refractivity contribution >= 4 is 20.1 Å². The van der Waals surface area contributed by atoms with Gasteiger partial charge in [0.15, 0.2) is 0 Å². The topological polar surface area (TPSA) is 114 Å². The lowest BCUT2D eigenvalue weighted by molar-refractivity contribution is -0.147. The van der Waals surface area contributed by atoms with Crippen molar-refractivity contribution in [2.75, 3.05) is 13.2 Å². The van der Waals surface area contributed by atoms with Crippen LogP contribution in [0.5, 0.6) is 11.5 Å². The Hall–Kier alpha value is -3.13. The molecular formula is C29H37N2O7P. The van der Waals surface area contributed by atoms with Crippen molar-refractivity contribution in [1.29, 1.82) is 0 Å². The maximum Gasteiger partial charge on any atom is 0.342 e. The second kappa shape index (κ2) is 12.4. The summed E-state index contributed by atoms with van der Waals surface area (Å²) in [4.78, 5) is 24.9. The van der Waals surface area contributed by atoms with E-state index in [-0.39, 0.29) is 31.1 Å². The van der Waals surface area contributed by atoms with Crippen LogP contribution in [0, 0.1) is 6.92 Å². The molecule has 0 aliphatic carbocycles. The summed E-state index contributed by atoms with van der Waals surface area (Å²) < 4.78 is 31.2. The molecule has 210 valence electrons. The van der Waals surface area contributed by atoms with E-state index in [0.717, 1.165) is 40.9 Å². The molecule has 0 bridgehead atoms. The number of allylic oxidation sites excluding steroid dienone is 1. The van der Waals surface area contributed by atoms with Crippen molar-refractivity contribution in [2.45, 2.75) is 73.2 Å². The highest BCUT2D eigenvalue weighted by Gasteiger charge is 2.31. The van der Waals surface area contributed by atoms with Crippen LogP contribution in [0.3, 0.4) is 0 Å². The van der Waals surface area contributed by atoms with Crippen LogP contribution in [-0.4, -0.2) is 40.9 Å². The minimum atomic E-state index is -2.87. The van der Waals surface area contributed by atoms with Gasteiger partial charge in [-0.15, -0.1) is 0 Å². The van der Waals surface area contributed by atoms with Crippen LogP contribution >= 0.6 is 8.18 Å². The zero-order valence-corrected chi connectivity index (χ0v) is 24.2. The number of carbonyl (C=O) groups excluding carboxylic acids is 2. The lowest BCUT2D eigenvalue weighted by atomic mass is 9.89. The molecular weight excluding hydrogens is 519 g/mol. The van der Waals surface area contributed by atoms with Crippen molar-refractivity contribution < 1.29 is 33.3 Å². The second-order valence-corrected chi connectivity index (χ2v) is 11.2. The third-order valence-electron chi connectivity index (χ3n) is 7.42. The summed E-state index contributed by atoms with van der Waals surface area (Å²) in [5, 5.41) is 14.3. The molecule has 1 unspecified atom stereocenters. The highest BCUT2D eigenvalue weighted by molar-refractivity contribution is 7.36. The second-order valence-electron chi connectivity index (χ2n) is 9.93. The molecule has 2 aliphatic heterocycles. The molecule has 2 N–H and O–H groups in total. The first-order valence-electron chi connectivity index (χ1n) is 13.3. The normalized spacial score (nSPS) is 16.1. The van der Waals surface area contributed by atoms with Gasteiger partial charge in [-0.1, -0.05) is 24.6 Å². The Bertz CT molecular complexity index is 1340. The fraction of sp³-hybridized carbons (Fsp3) is 0.448. The summed E-state index contributed by atoms with van der Waals surface area (Å²) in [6, 6.07) is 4.83. The lowest BCUT2D eigenvalue weighted by Gasteiger charge is -2.27. The SMILES string of the molecule is CCOC(=O)[C@H](C)N(CC(C)=CCc1c(O)c2c(c(C)c1CC)COC2=O)[PH](=O)Oc1ccc2c(c1)CNC2. The summed E-state index contributed by atoms with van der Waals surface area (Å²) in [5.74, 6) is -0.549. The van der Waals surface area contributed by atoms with Gasteiger partial charge in [-0.2, -0.15) is 0 Å². The van der Waals surface area contributed by atoms with Crippen LogP contribution in [0.25, 0.3) is 0 Å². The molecule has 0 spiro atoms. The Labute approximate surface area is 230 Å². The Kier molecular flexibility index (Phi) is 9.15. The van der Waals surface area contributed by atoms with Gasteiger partial charge in [0.1, 0.15) is 29.7 Å². The van der Waals surface area contributed by atoms with Crippen molar-refractivity contribution in [3.05, 3.63) is 68.8 Å². The molecule has 2 aliphatic rings. The van der Waals surface area contributed by atoms with Gasteiger partial charge in [-0.05, 0) is 74.9 Å². The third-order valence-corrected chi connectivity index (χ3v) is 8.84. The molecule has 9 nitrogen and oxygen atoms in total. The Balaban J connectivity index is 1.57. The van der Waals surface area contributed by atoms with Crippen LogP contribution < -0.4 is 9.84 Å². The number of hydrogen-bond acceptors (Lipinski definition) is 8. The van der Waals surface area contributed by atoms with E-state index in [0.29, 0.717) is 24.2 Å². The fourth-order valence-corrected chi connectivity index (χ4v) is 6.44. The fourth-order valence-electron chi connectivity index (χ4n) is 5.19. The number of aromatic hydroxyl groups is 1. The standard InChI is InChI=1S/C29H37N2O7P/c1-6-23-18(4)25-16-37-29(34)26(25)27(32)24(23)11-8-17(3)15-31(19(5)28(33)36-7-2)39(35)38-22-10-9-20-13-30-14-21(20)12-22/h8-10,12,19,30,32,39H,6-7,11,13-16H2,1-5H3/t19-/m0/s1. The van der Waals surface area contributed by atoms with E-state index in [4.69, 9.17) is 14.0 Å². The number of phenolic OH excluding ortho intramolecular Hbond substituents is 1. The molecule has 39 heavy (non-hydrogen) atoms. The zero-order valence-electron chi connectivity index (χ0n) is 23.2. The summed E-state index contributed by atoms with van der Waals surface area (Å²) in [5.41, 5.74) is 6.70. The molecule has 0 saturated heterocycles. The van der Waals surface area contributed by atoms with Crippen LogP contribution in [0.15, 0.2) is 29.8 Å². The number of ether oxygens (including phenoxy) is 2. The van der Waals surface area contributed by atoms with E-state index in [2.05, 4.69) is 5.32 Å². The zero-order chi connectivity index (χ0) is 28.3. The number of cyclic esters (lactones) is 1. The molecule has 0 aromatic heterocycles. The van der Waals surface area contributed by atoms with Crippen LogP contribution in [-0.2, 0) is 51.4 Å². The highest BCUT2D eigenvalue weighted by Crippen LogP contribution is 2.39. The molecule has 0 saturated carbocycles. The Morgan fingerprint density at radius 3 is 2.72 bits per heavy atom. The number of nitrogens with zero attached hydrogens (tertiary/aromatic N) is 1. The van der Waals surface area contributed by atoms with Crippen molar-refractivity contribution in [3.63, 3.8) is 0 Å². The average Bonchev–Trinajstić information content (AvgIpc) is 3.54. The number of benzene rings is 2. The molecule has 2 atom stereocenters. The summed E-state index contributed by atoms with van der Waals surface area (Å²) in [6.45, 7) is 11.3. The number of rotatable bonds is 11. The number of esters is 2. The molecule has 2 aromatic rings. The van der Waals surface area contributed by atoms with Crippen LogP contribution in [0.1, 0.15) is 71.4 Å². The quantitative estimate of drug-likeness (QED) is 0.230. The summed E-state index contributed by atoms with van der Waals surface area (Å²) >= 11 is 0.